The molecule has 0 N–H and O–H groups in total. The smallest absolute Gasteiger partial charge is 0.330 e. The second-order valence-corrected chi connectivity index (χ2v) is 6.25. The highest BCUT2D eigenvalue weighted by molar-refractivity contribution is 5.81. The van der Waals surface area contributed by atoms with Crippen LogP contribution in [0.2, 0.25) is 0 Å². The van der Waals surface area contributed by atoms with Crippen molar-refractivity contribution < 1.29 is 14.3 Å². The molecule has 0 atom stereocenters. The van der Waals surface area contributed by atoms with Crippen LogP contribution < -0.4 is 0 Å². The molecule has 3 nitrogen and oxygen atoms in total. The summed E-state index contributed by atoms with van der Waals surface area (Å²) in [5, 5.41) is 0. The lowest BCUT2D eigenvalue weighted by Crippen LogP contribution is -2.20. The first-order valence-electron chi connectivity index (χ1n) is 8.63. The van der Waals surface area contributed by atoms with Gasteiger partial charge in [-0.25, -0.2) is 4.79 Å². The van der Waals surface area contributed by atoms with Crippen molar-refractivity contribution in [2.24, 2.45) is 5.92 Å². The predicted molar refractivity (Wildman–Crippen MR) is 86.2 cm³/mol. The number of unbranched alkanes of at least 4 members (excludes halogenated alkanes) is 5. The molecule has 0 aromatic heterocycles. The number of hydrogen-bond donors (Lipinski definition) is 0. The molecule has 0 aliphatic heterocycles. The largest absolute Gasteiger partial charge is 0.463 e. The minimum absolute atomic E-state index is 0.316. The van der Waals surface area contributed by atoms with Crippen molar-refractivity contribution in [3.63, 3.8) is 0 Å². The van der Waals surface area contributed by atoms with E-state index in [9.17, 15) is 4.79 Å². The summed E-state index contributed by atoms with van der Waals surface area (Å²) in [5.41, 5.74) is 0. The maximum absolute atomic E-state index is 10.8. The van der Waals surface area contributed by atoms with E-state index in [-0.39, 0.29) is 5.97 Å². The molecule has 1 fully saturated rings. The molecule has 1 aliphatic rings. The summed E-state index contributed by atoms with van der Waals surface area (Å²) in [6, 6.07) is 0. The molecule has 0 radical (unpaired) electrons. The van der Waals surface area contributed by atoms with Gasteiger partial charge >= 0.3 is 5.97 Å². The Hall–Kier alpha value is -0.830. The monoisotopic (exact) mass is 296 g/mol. The standard InChI is InChI=1S/C18H32O3/c1-3-18(19)21-15-9-7-5-4-6-8-14-20-17-12-10-16(2)11-13-17/h3,16-17H,1,4-15H2,2H3. The number of rotatable bonds is 11. The van der Waals surface area contributed by atoms with E-state index < -0.39 is 0 Å². The molecule has 1 saturated carbocycles. The van der Waals surface area contributed by atoms with Gasteiger partial charge < -0.3 is 9.47 Å². The Morgan fingerprint density at radius 2 is 1.57 bits per heavy atom. The summed E-state index contributed by atoms with van der Waals surface area (Å²) >= 11 is 0. The van der Waals surface area contributed by atoms with Gasteiger partial charge in [-0.3, -0.25) is 0 Å². The Kier molecular flexibility index (Phi) is 10.2. The summed E-state index contributed by atoms with van der Waals surface area (Å²) in [5.74, 6) is 0.583. The third-order valence-electron chi connectivity index (χ3n) is 4.27. The van der Waals surface area contributed by atoms with Crippen LogP contribution in [0.5, 0.6) is 0 Å². The van der Waals surface area contributed by atoms with Gasteiger partial charge in [0.15, 0.2) is 0 Å². The zero-order valence-corrected chi connectivity index (χ0v) is 13.6. The van der Waals surface area contributed by atoms with Gasteiger partial charge in [0, 0.05) is 12.7 Å². The first-order chi connectivity index (χ1) is 10.2. The molecule has 0 aromatic carbocycles. The minimum Gasteiger partial charge on any atom is -0.463 e. The molecule has 0 bridgehead atoms. The van der Waals surface area contributed by atoms with Crippen LogP contribution in [0.15, 0.2) is 12.7 Å². The van der Waals surface area contributed by atoms with Crippen LogP contribution in [0, 0.1) is 5.92 Å². The molecule has 0 saturated heterocycles. The number of esters is 1. The van der Waals surface area contributed by atoms with Crippen molar-refractivity contribution in [2.75, 3.05) is 13.2 Å². The van der Waals surface area contributed by atoms with Crippen LogP contribution in [-0.4, -0.2) is 25.3 Å². The van der Waals surface area contributed by atoms with E-state index in [0.717, 1.165) is 25.4 Å². The van der Waals surface area contributed by atoms with Crippen LogP contribution in [0.3, 0.4) is 0 Å². The fraction of sp³-hybridized carbons (Fsp3) is 0.833. The number of hydrogen-bond acceptors (Lipinski definition) is 3. The maximum atomic E-state index is 10.8. The fourth-order valence-corrected chi connectivity index (χ4v) is 2.79. The van der Waals surface area contributed by atoms with Crippen LogP contribution >= 0.6 is 0 Å². The summed E-state index contributed by atoms with van der Waals surface area (Å²) in [6.45, 7) is 7.16. The third kappa shape index (κ3) is 9.67. The van der Waals surface area contributed by atoms with Gasteiger partial charge in [0.1, 0.15) is 0 Å². The Bertz CT molecular complexity index is 280. The molecular weight excluding hydrogens is 264 g/mol. The van der Waals surface area contributed by atoms with Gasteiger partial charge in [-0.15, -0.1) is 0 Å². The van der Waals surface area contributed by atoms with Gasteiger partial charge in [0.2, 0.25) is 0 Å². The lowest BCUT2D eigenvalue weighted by Gasteiger charge is -2.26. The van der Waals surface area contributed by atoms with Gasteiger partial charge in [-0.2, -0.15) is 0 Å². The van der Waals surface area contributed by atoms with Gasteiger partial charge in [0.25, 0.3) is 0 Å². The summed E-state index contributed by atoms with van der Waals surface area (Å²) < 4.78 is 10.9. The van der Waals surface area contributed by atoms with Gasteiger partial charge in [-0.05, 0) is 44.4 Å². The van der Waals surface area contributed by atoms with Crippen molar-refractivity contribution >= 4 is 5.97 Å². The van der Waals surface area contributed by atoms with Crippen molar-refractivity contribution in [3.05, 3.63) is 12.7 Å². The molecule has 0 heterocycles. The van der Waals surface area contributed by atoms with Crippen LogP contribution in [0.4, 0.5) is 0 Å². The van der Waals surface area contributed by atoms with E-state index in [0.29, 0.717) is 12.7 Å². The summed E-state index contributed by atoms with van der Waals surface area (Å²) in [4.78, 5) is 10.8. The topological polar surface area (TPSA) is 35.5 Å². The zero-order chi connectivity index (χ0) is 15.3. The molecular formula is C18H32O3. The lowest BCUT2D eigenvalue weighted by molar-refractivity contribution is -0.137. The third-order valence-corrected chi connectivity index (χ3v) is 4.27. The second-order valence-electron chi connectivity index (χ2n) is 6.25. The Morgan fingerprint density at radius 3 is 2.19 bits per heavy atom. The average Bonchev–Trinajstić information content (AvgIpc) is 2.50. The zero-order valence-electron chi connectivity index (χ0n) is 13.6. The Labute approximate surface area is 130 Å². The highest BCUT2D eigenvalue weighted by Gasteiger charge is 2.17. The van der Waals surface area contributed by atoms with E-state index in [1.165, 1.54) is 57.4 Å². The second kappa shape index (κ2) is 11.8. The van der Waals surface area contributed by atoms with Gasteiger partial charge in [0.05, 0.1) is 12.7 Å². The fourth-order valence-electron chi connectivity index (χ4n) is 2.79. The van der Waals surface area contributed by atoms with E-state index in [4.69, 9.17) is 9.47 Å². The first kappa shape index (κ1) is 18.2. The molecule has 0 unspecified atom stereocenters. The van der Waals surface area contributed by atoms with Gasteiger partial charge in [-0.1, -0.05) is 39.2 Å². The number of ether oxygens (including phenoxy) is 2. The molecule has 0 aromatic rings. The molecule has 1 aliphatic carbocycles. The highest BCUT2D eigenvalue weighted by atomic mass is 16.5. The van der Waals surface area contributed by atoms with E-state index >= 15 is 0 Å². The van der Waals surface area contributed by atoms with Crippen LogP contribution in [0.25, 0.3) is 0 Å². The van der Waals surface area contributed by atoms with Crippen LogP contribution in [-0.2, 0) is 14.3 Å². The van der Waals surface area contributed by atoms with Crippen LogP contribution in [0.1, 0.15) is 71.1 Å². The number of carbonyl (C=O) groups is 1. The molecule has 21 heavy (non-hydrogen) atoms. The molecule has 1 rings (SSSR count). The predicted octanol–water partition coefficient (Wildman–Crippen LogP) is 4.65. The van der Waals surface area contributed by atoms with E-state index in [2.05, 4.69) is 13.5 Å². The number of carbonyl (C=O) groups excluding carboxylic acids is 1. The van der Waals surface area contributed by atoms with Crippen molar-refractivity contribution in [1.82, 2.24) is 0 Å². The Morgan fingerprint density at radius 1 is 1.00 bits per heavy atom. The summed E-state index contributed by atoms with van der Waals surface area (Å²) in [7, 11) is 0. The highest BCUT2D eigenvalue weighted by Crippen LogP contribution is 2.25. The quantitative estimate of drug-likeness (QED) is 0.316. The normalized spacial score (nSPS) is 22.0. The van der Waals surface area contributed by atoms with Crippen molar-refractivity contribution in [2.45, 2.75) is 77.2 Å². The minimum atomic E-state index is -0.316. The molecule has 0 amide bonds. The van der Waals surface area contributed by atoms with Crippen molar-refractivity contribution in [1.29, 1.82) is 0 Å². The summed E-state index contributed by atoms with van der Waals surface area (Å²) in [6.07, 6.45) is 13.9. The first-order valence-corrected chi connectivity index (χ1v) is 8.63. The van der Waals surface area contributed by atoms with Crippen molar-refractivity contribution in [3.8, 4) is 0 Å². The molecule has 122 valence electrons. The lowest BCUT2D eigenvalue weighted by atomic mass is 9.89. The SMILES string of the molecule is C=CC(=O)OCCCCCCCCOC1CCC(C)CC1. The van der Waals surface area contributed by atoms with E-state index in [1.54, 1.807) is 0 Å². The van der Waals surface area contributed by atoms with E-state index in [1.807, 2.05) is 0 Å². The average molecular weight is 296 g/mol. The molecule has 3 heteroatoms. The maximum Gasteiger partial charge on any atom is 0.330 e. The Balaban J connectivity index is 1.78. The molecule has 0 spiro atoms.